The number of alkyl halides is 3. The number of carbonyl (C=O) groups is 3. The van der Waals surface area contributed by atoms with Crippen LogP contribution >= 0.6 is 0 Å². The van der Waals surface area contributed by atoms with Crippen LogP contribution in [0.2, 0.25) is 0 Å². The third kappa shape index (κ3) is 8.74. The van der Waals surface area contributed by atoms with Gasteiger partial charge in [0, 0.05) is 36.7 Å². The lowest BCUT2D eigenvalue weighted by Gasteiger charge is -2.38. The molecule has 270 valence electrons. The summed E-state index contributed by atoms with van der Waals surface area (Å²) < 4.78 is 61.7. The predicted octanol–water partition coefficient (Wildman–Crippen LogP) is 6.33. The highest BCUT2D eigenvalue weighted by Gasteiger charge is 2.46. The maximum atomic E-state index is 14.4. The lowest BCUT2D eigenvalue weighted by Crippen LogP contribution is -2.55. The van der Waals surface area contributed by atoms with Gasteiger partial charge in [-0.15, -0.1) is 0 Å². The average Bonchev–Trinajstić information content (AvgIpc) is 3.45. The average molecular weight is 709 g/mol. The summed E-state index contributed by atoms with van der Waals surface area (Å²) >= 11 is 0. The molecule has 1 aromatic heterocycles. The second kappa shape index (κ2) is 15.3. The molecule has 5 rings (SSSR count). The van der Waals surface area contributed by atoms with E-state index in [-0.39, 0.29) is 18.7 Å². The molecule has 1 aliphatic heterocycles. The van der Waals surface area contributed by atoms with E-state index in [2.05, 4.69) is 16.0 Å². The number of amides is 3. The number of rotatable bonds is 11. The van der Waals surface area contributed by atoms with E-state index in [1.165, 1.54) is 35.2 Å². The number of carbonyl (C=O) groups excluding carboxylic acids is 3. The lowest BCUT2D eigenvalue weighted by molar-refractivity contribution is -0.137. The Morgan fingerprint density at radius 3 is 2.29 bits per heavy atom. The van der Waals surface area contributed by atoms with Gasteiger partial charge in [0.05, 0.1) is 16.9 Å². The van der Waals surface area contributed by atoms with Crippen LogP contribution in [-0.2, 0) is 22.3 Å². The zero-order valence-electron chi connectivity index (χ0n) is 28.7. The van der Waals surface area contributed by atoms with Gasteiger partial charge in [-0.05, 0) is 88.7 Å². The second-order valence-electron chi connectivity index (χ2n) is 13.0. The number of hydrogen-bond donors (Lipinski definition) is 3. The topological polar surface area (TPSA) is 118 Å². The first-order valence-electron chi connectivity index (χ1n) is 16.6. The lowest BCUT2D eigenvalue weighted by atomic mass is 9.80. The number of anilines is 1. The van der Waals surface area contributed by atoms with Crippen molar-refractivity contribution in [2.45, 2.75) is 64.4 Å². The number of aromatic nitrogens is 2. The number of nitrogens with one attached hydrogen (secondary N) is 3. The molecule has 0 aliphatic carbocycles. The standard InChI is InChI=1S/C37H40F4N6O4/c1-5-46-33-30(28(45-47(33)27-13-7-6-8-14-27)22-42-19-10-20-43-35(50)51-36(2,3)4)29(23-15-17-26(38)18-16-23)31(34(46)49)44-32(48)24-11-9-12-25(21-24)37(39,40)41/h6-9,11-18,21,29,31,42H,5,10,19-20,22H2,1-4H3,(H,43,50)(H,44,48). The largest absolute Gasteiger partial charge is 0.444 e. The summed E-state index contributed by atoms with van der Waals surface area (Å²) in [6.45, 7) is 8.30. The van der Waals surface area contributed by atoms with Gasteiger partial charge in [0.25, 0.3) is 11.8 Å². The third-order valence-electron chi connectivity index (χ3n) is 8.18. The first-order valence-corrected chi connectivity index (χ1v) is 16.6. The summed E-state index contributed by atoms with van der Waals surface area (Å²) in [5.41, 5.74) is 0.373. The van der Waals surface area contributed by atoms with Gasteiger partial charge in [0.2, 0.25) is 0 Å². The van der Waals surface area contributed by atoms with Crippen LogP contribution in [0.1, 0.15) is 72.8 Å². The summed E-state index contributed by atoms with van der Waals surface area (Å²) in [6.07, 6.45) is -4.65. The van der Waals surface area contributed by atoms with Gasteiger partial charge in [-0.3, -0.25) is 14.5 Å². The second-order valence-corrected chi connectivity index (χ2v) is 13.0. The molecule has 3 N–H and O–H groups in total. The molecule has 0 bridgehead atoms. The van der Waals surface area contributed by atoms with E-state index in [4.69, 9.17) is 9.84 Å². The maximum absolute atomic E-state index is 14.4. The summed E-state index contributed by atoms with van der Waals surface area (Å²) in [5, 5.41) is 13.7. The quantitative estimate of drug-likeness (QED) is 0.124. The number of nitrogens with zero attached hydrogens (tertiary/aromatic N) is 3. The van der Waals surface area contributed by atoms with Crippen LogP contribution in [0.25, 0.3) is 5.69 Å². The van der Waals surface area contributed by atoms with Crippen molar-refractivity contribution in [3.05, 3.63) is 113 Å². The number of para-hydroxylation sites is 1. The highest BCUT2D eigenvalue weighted by Crippen LogP contribution is 2.44. The fraction of sp³-hybridized carbons (Fsp3) is 0.351. The zero-order chi connectivity index (χ0) is 36.9. The van der Waals surface area contributed by atoms with E-state index >= 15 is 0 Å². The molecule has 2 atom stereocenters. The molecule has 4 aromatic rings. The van der Waals surface area contributed by atoms with Crippen molar-refractivity contribution in [3.8, 4) is 5.69 Å². The molecule has 14 heteroatoms. The Hall–Kier alpha value is -5.24. The van der Waals surface area contributed by atoms with Gasteiger partial charge in [0.15, 0.2) is 0 Å². The Bertz CT molecular complexity index is 1860. The number of benzene rings is 3. The van der Waals surface area contributed by atoms with Gasteiger partial charge >= 0.3 is 12.3 Å². The molecule has 3 amide bonds. The number of halogens is 4. The monoisotopic (exact) mass is 708 g/mol. The first kappa shape index (κ1) is 37.0. The molecule has 10 nitrogen and oxygen atoms in total. The highest BCUT2D eigenvalue weighted by atomic mass is 19.4. The Morgan fingerprint density at radius 2 is 1.65 bits per heavy atom. The molecule has 2 heterocycles. The molecule has 51 heavy (non-hydrogen) atoms. The van der Waals surface area contributed by atoms with E-state index in [0.29, 0.717) is 47.8 Å². The number of hydrogen-bond acceptors (Lipinski definition) is 6. The van der Waals surface area contributed by atoms with Crippen molar-refractivity contribution in [2.75, 3.05) is 24.5 Å². The molecule has 0 saturated carbocycles. The van der Waals surface area contributed by atoms with E-state index < -0.39 is 53.0 Å². The van der Waals surface area contributed by atoms with E-state index in [1.807, 2.05) is 30.3 Å². The van der Waals surface area contributed by atoms with Crippen molar-refractivity contribution < 1.29 is 36.7 Å². The van der Waals surface area contributed by atoms with Crippen LogP contribution in [0.4, 0.5) is 28.2 Å². The summed E-state index contributed by atoms with van der Waals surface area (Å²) in [5.74, 6) is -2.34. The molecule has 0 fully saturated rings. The van der Waals surface area contributed by atoms with Gasteiger partial charge < -0.3 is 20.7 Å². The van der Waals surface area contributed by atoms with Gasteiger partial charge in [0.1, 0.15) is 23.3 Å². The fourth-order valence-corrected chi connectivity index (χ4v) is 5.97. The molecular formula is C37H40F4N6O4. The van der Waals surface area contributed by atoms with Crippen molar-refractivity contribution in [1.82, 2.24) is 25.7 Å². The van der Waals surface area contributed by atoms with Crippen molar-refractivity contribution >= 4 is 23.7 Å². The van der Waals surface area contributed by atoms with Crippen LogP contribution < -0.4 is 20.9 Å². The minimum atomic E-state index is -4.68. The Morgan fingerprint density at radius 1 is 0.941 bits per heavy atom. The van der Waals surface area contributed by atoms with Gasteiger partial charge in [-0.1, -0.05) is 36.4 Å². The van der Waals surface area contributed by atoms with Crippen LogP contribution in [0.3, 0.4) is 0 Å². The highest BCUT2D eigenvalue weighted by molar-refractivity contribution is 6.05. The minimum Gasteiger partial charge on any atom is -0.444 e. The van der Waals surface area contributed by atoms with Gasteiger partial charge in [-0.25, -0.2) is 13.9 Å². The smallest absolute Gasteiger partial charge is 0.416 e. The Kier molecular flexibility index (Phi) is 11.1. The number of alkyl carbamates (subject to hydrolysis) is 1. The maximum Gasteiger partial charge on any atom is 0.416 e. The van der Waals surface area contributed by atoms with Crippen LogP contribution in [0.5, 0.6) is 0 Å². The first-order chi connectivity index (χ1) is 24.2. The van der Waals surface area contributed by atoms with Crippen molar-refractivity contribution in [3.63, 3.8) is 0 Å². The third-order valence-corrected chi connectivity index (χ3v) is 8.18. The number of fused-ring (bicyclic) bond motifs is 1. The summed E-state index contributed by atoms with van der Waals surface area (Å²) in [7, 11) is 0. The van der Waals surface area contributed by atoms with E-state index in [0.717, 1.165) is 18.2 Å². The molecule has 1 aliphatic rings. The SMILES string of the molecule is CCN1C(=O)C(NC(=O)c2cccc(C(F)(F)F)c2)C(c2ccc(F)cc2)c2c(CNCCCNC(=O)OC(C)(C)C)nn(-c3ccccc3)c21. The molecular weight excluding hydrogens is 668 g/mol. The van der Waals surface area contributed by atoms with Crippen molar-refractivity contribution in [2.24, 2.45) is 0 Å². The summed E-state index contributed by atoms with van der Waals surface area (Å²) in [6, 6.07) is 17.4. The van der Waals surface area contributed by atoms with E-state index in [1.54, 1.807) is 32.4 Å². The molecule has 0 saturated heterocycles. The molecule has 0 radical (unpaired) electrons. The Labute approximate surface area is 293 Å². The van der Waals surface area contributed by atoms with E-state index in [9.17, 15) is 31.9 Å². The predicted molar refractivity (Wildman–Crippen MR) is 183 cm³/mol. The zero-order valence-corrected chi connectivity index (χ0v) is 28.7. The van der Waals surface area contributed by atoms with Crippen molar-refractivity contribution in [1.29, 1.82) is 0 Å². The molecule has 2 unspecified atom stereocenters. The van der Waals surface area contributed by atoms with Crippen LogP contribution in [0.15, 0.2) is 78.9 Å². The minimum absolute atomic E-state index is 0.180. The number of likely N-dealkylation sites (N-methyl/N-ethyl adjacent to an activating group) is 1. The van der Waals surface area contributed by atoms with Crippen LogP contribution in [-0.4, -0.2) is 59.0 Å². The molecule has 0 spiro atoms. The summed E-state index contributed by atoms with van der Waals surface area (Å²) in [4.78, 5) is 41.5. The van der Waals surface area contributed by atoms with Gasteiger partial charge in [-0.2, -0.15) is 18.3 Å². The molecule has 3 aromatic carbocycles. The normalized spacial score (nSPS) is 16.1. The van der Waals surface area contributed by atoms with Crippen LogP contribution in [0, 0.1) is 5.82 Å². The Balaban J connectivity index is 1.53. The fourth-order valence-electron chi connectivity index (χ4n) is 5.97. The number of ether oxygens (including phenoxy) is 1.